The lowest BCUT2D eigenvalue weighted by molar-refractivity contribution is -0.00216. The SMILES string of the molecule is CC1CCC(N2CCNCC2(C)C)C(C)C1. The first-order chi connectivity index (χ1) is 7.50. The quantitative estimate of drug-likeness (QED) is 0.736. The van der Waals surface area contributed by atoms with Crippen molar-refractivity contribution in [1.29, 1.82) is 0 Å². The summed E-state index contributed by atoms with van der Waals surface area (Å²) in [6.45, 7) is 13.2. The molecule has 1 saturated carbocycles. The van der Waals surface area contributed by atoms with Gasteiger partial charge in [-0.05, 0) is 44.9 Å². The summed E-state index contributed by atoms with van der Waals surface area (Å²) in [5.74, 6) is 1.82. The van der Waals surface area contributed by atoms with E-state index in [1.165, 1.54) is 32.4 Å². The summed E-state index contributed by atoms with van der Waals surface area (Å²) in [6.07, 6.45) is 4.26. The van der Waals surface area contributed by atoms with E-state index in [2.05, 4.69) is 37.9 Å². The molecule has 0 bridgehead atoms. The molecule has 3 unspecified atom stereocenters. The van der Waals surface area contributed by atoms with Crippen LogP contribution in [0.3, 0.4) is 0 Å². The first-order valence-corrected chi connectivity index (χ1v) is 6.98. The van der Waals surface area contributed by atoms with Gasteiger partial charge in [-0.2, -0.15) is 0 Å². The maximum atomic E-state index is 3.53. The van der Waals surface area contributed by atoms with E-state index in [1.54, 1.807) is 0 Å². The van der Waals surface area contributed by atoms with Crippen LogP contribution >= 0.6 is 0 Å². The third kappa shape index (κ3) is 2.43. The van der Waals surface area contributed by atoms with E-state index in [9.17, 15) is 0 Å². The molecule has 3 atom stereocenters. The van der Waals surface area contributed by atoms with Gasteiger partial charge in [-0.3, -0.25) is 4.90 Å². The second-order valence-corrected chi connectivity index (χ2v) is 6.65. The predicted octanol–water partition coefficient (Wildman–Crippen LogP) is 2.49. The third-order valence-electron chi connectivity index (χ3n) is 4.65. The van der Waals surface area contributed by atoms with Crippen molar-refractivity contribution in [1.82, 2.24) is 10.2 Å². The molecule has 0 aromatic heterocycles. The summed E-state index contributed by atoms with van der Waals surface area (Å²) in [6, 6.07) is 0.827. The maximum Gasteiger partial charge on any atom is 0.0281 e. The largest absolute Gasteiger partial charge is 0.314 e. The van der Waals surface area contributed by atoms with Crippen LogP contribution in [0, 0.1) is 11.8 Å². The minimum Gasteiger partial charge on any atom is -0.314 e. The van der Waals surface area contributed by atoms with E-state index in [0.717, 1.165) is 24.4 Å². The van der Waals surface area contributed by atoms with Gasteiger partial charge in [0.2, 0.25) is 0 Å². The van der Waals surface area contributed by atoms with Crippen molar-refractivity contribution >= 4 is 0 Å². The van der Waals surface area contributed by atoms with Gasteiger partial charge in [0.15, 0.2) is 0 Å². The fourth-order valence-corrected chi connectivity index (χ4v) is 3.73. The van der Waals surface area contributed by atoms with E-state index in [1.807, 2.05) is 0 Å². The molecule has 2 nitrogen and oxygen atoms in total. The highest BCUT2D eigenvalue weighted by Crippen LogP contribution is 2.35. The second kappa shape index (κ2) is 4.66. The smallest absolute Gasteiger partial charge is 0.0281 e. The molecule has 1 aliphatic carbocycles. The van der Waals surface area contributed by atoms with Gasteiger partial charge < -0.3 is 5.32 Å². The van der Waals surface area contributed by atoms with Gasteiger partial charge in [-0.15, -0.1) is 0 Å². The molecule has 2 heteroatoms. The minimum atomic E-state index is 0.345. The summed E-state index contributed by atoms with van der Waals surface area (Å²) in [7, 11) is 0. The van der Waals surface area contributed by atoms with Gasteiger partial charge in [-0.1, -0.05) is 13.8 Å². The molecule has 1 saturated heterocycles. The van der Waals surface area contributed by atoms with Crippen molar-refractivity contribution < 1.29 is 0 Å². The zero-order chi connectivity index (χ0) is 11.8. The van der Waals surface area contributed by atoms with Crippen molar-refractivity contribution in [2.75, 3.05) is 19.6 Å². The summed E-state index contributed by atoms with van der Waals surface area (Å²) >= 11 is 0. The average molecular weight is 224 g/mol. The van der Waals surface area contributed by atoms with Gasteiger partial charge in [0.25, 0.3) is 0 Å². The Morgan fingerprint density at radius 1 is 1.19 bits per heavy atom. The molecular formula is C14H28N2. The fraction of sp³-hybridized carbons (Fsp3) is 1.00. The molecule has 0 aromatic rings. The van der Waals surface area contributed by atoms with Crippen molar-refractivity contribution in [3.8, 4) is 0 Å². The Bertz CT molecular complexity index is 237. The van der Waals surface area contributed by atoms with E-state index < -0.39 is 0 Å². The highest BCUT2D eigenvalue weighted by molar-refractivity contribution is 4.95. The standard InChI is InChI=1S/C14H28N2/c1-11-5-6-13(12(2)9-11)16-8-7-15-10-14(16,3)4/h11-13,15H,5-10H2,1-4H3. The Hall–Kier alpha value is -0.0800. The number of piperazine rings is 1. The Kier molecular flexibility index (Phi) is 3.60. The molecule has 94 valence electrons. The molecule has 0 amide bonds. The summed E-state index contributed by atoms with van der Waals surface area (Å²) in [5.41, 5.74) is 0.345. The van der Waals surface area contributed by atoms with E-state index in [0.29, 0.717) is 5.54 Å². The number of hydrogen-bond donors (Lipinski definition) is 1. The lowest BCUT2D eigenvalue weighted by atomic mass is 9.77. The summed E-state index contributed by atoms with van der Waals surface area (Å²) < 4.78 is 0. The monoisotopic (exact) mass is 224 g/mol. The Labute approximate surface area is 101 Å². The highest BCUT2D eigenvalue weighted by Gasteiger charge is 2.38. The molecule has 2 fully saturated rings. The third-order valence-corrected chi connectivity index (χ3v) is 4.65. The average Bonchev–Trinajstić information content (AvgIpc) is 2.19. The van der Waals surface area contributed by atoms with E-state index in [4.69, 9.17) is 0 Å². The Balaban J connectivity index is 2.05. The number of nitrogens with zero attached hydrogens (tertiary/aromatic N) is 1. The molecule has 1 heterocycles. The van der Waals surface area contributed by atoms with Gasteiger partial charge in [0, 0.05) is 31.2 Å². The molecule has 16 heavy (non-hydrogen) atoms. The van der Waals surface area contributed by atoms with Crippen molar-refractivity contribution in [2.45, 2.75) is 58.5 Å². The number of rotatable bonds is 1. The molecule has 1 aliphatic heterocycles. The van der Waals surface area contributed by atoms with Crippen molar-refractivity contribution in [2.24, 2.45) is 11.8 Å². The predicted molar refractivity (Wildman–Crippen MR) is 69.6 cm³/mol. The van der Waals surface area contributed by atoms with Crippen LogP contribution in [-0.2, 0) is 0 Å². The number of nitrogens with one attached hydrogen (secondary N) is 1. The zero-order valence-corrected chi connectivity index (χ0v) is 11.4. The molecule has 0 spiro atoms. The van der Waals surface area contributed by atoms with Gasteiger partial charge in [0.05, 0.1) is 0 Å². The molecule has 0 aromatic carbocycles. The first kappa shape index (κ1) is 12.4. The molecule has 1 N–H and O–H groups in total. The summed E-state index contributed by atoms with van der Waals surface area (Å²) in [5, 5.41) is 3.53. The van der Waals surface area contributed by atoms with Crippen LogP contribution in [0.1, 0.15) is 47.0 Å². The van der Waals surface area contributed by atoms with E-state index >= 15 is 0 Å². The van der Waals surface area contributed by atoms with Gasteiger partial charge >= 0.3 is 0 Å². The van der Waals surface area contributed by atoms with Crippen molar-refractivity contribution in [3.05, 3.63) is 0 Å². The molecule has 2 rings (SSSR count). The lowest BCUT2D eigenvalue weighted by Gasteiger charge is -2.51. The van der Waals surface area contributed by atoms with Gasteiger partial charge in [0.1, 0.15) is 0 Å². The Morgan fingerprint density at radius 3 is 2.56 bits per heavy atom. The minimum absolute atomic E-state index is 0.345. The van der Waals surface area contributed by atoms with Crippen LogP contribution < -0.4 is 5.32 Å². The molecule has 0 radical (unpaired) electrons. The van der Waals surface area contributed by atoms with Crippen LogP contribution in [0.4, 0.5) is 0 Å². The molecule has 2 aliphatic rings. The Morgan fingerprint density at radius 2 is 1.94 bits per heavy atom. The maximum absolute atomic E-state index is 3.53. The number of hydrogen-bond acceptors (Lipinski definition) is 2. The highest BCUT2D eigenvalue weighted by atomic mass is 15.3. The second-order valence-electron chi connectivity index (χ2n) is 6.65. The van der Waals surface area contributed by atoms with Crippen molar-refractivity contribution in [3.63, 3.8) is 0 Å². The van der Waals surface area contributed by atoms with Crippen LogP contribution in [0.5, 0.6) is 0 Å². The topological polar surface area (TPSA) is 15.3 Å². The van der Waals surface area contributed by atoms with Crippen LogP contribution in [0.2, 0.25) is 0 Å². The van der Waals surface area contributed by atoms with Crippen LogP contribution in [-0.4, -0.2) is 36.1 Å². The van der Waals surface area contributed by atoms with Crippen LogP contribution in [0.25, 0.3) is 0 Å². The first-order valence-electron chi connectivity index (χ1n) is 6.98. The normalized spacial score (nSPS) is 40.9. The molecular weight excluding hydrogens is 196 g/mol. The van der Waals surface area contributed by atoms with E-state index in [-0.39, 0.29) is 0 Å². The fourth-order valence-electron chi connectivity index (χ4n) is 3.73. The zero-order valence-electron chi connectivity index (χ0n) is 11.4. The summed E-state index contributed by atoms with van der Waals surface area (Å²) in [4.78, 5) is 2.78. The van der Waals surface area contributed by atoms with Gasteiger partial charge in [-0.25, -0.2) is 0 Å². The lowest BCUT2D eigenvalue weighted by Crippen LogP contribution is -2.62. The van der Waals surface area contributed by atoms with Crippen LogP contribution in [0.15, 0.2) is 0 Å².